The Bertz CT molecular complexity index is 471. The molecular formula is C14H19NO3S. The first-order chi connectivity index (χ1) is 8.92. The van der Waals surface area contributed by atoms with Gasteiger partial charge in [-0.2, -0.15) is 0 Å². The Morgan fingerprint density at radius 1 is 1.58 bits per heavy atom. The Morgan fingerprint density at radius 3 is 2.84 bits per heavy atom. The molecule has 0 unspecified atom stereocenters. The van der Waals surface area contributed by atoms with Crippen LogP contribution >= 0.6 is 11.3 Å². The van der Waals surface area contributed by atoms with Gasteiger partial charge in [0.05, 0.1) is 5.41 Å². The summed E-state index contributed by atoms with van der Waals surface area (Å²) in [5.74, 6) is -0.832. The van der Waals surface area contributed by atoms with Gasteiger partial charge >= 0.3 is 5.97 Å². The second-order valence-electron chi connectivity index (χ2n) is 5.56. The first kappa shape index (κ1) is 14.1. The van der Waals surface area contributed by atoms with Crippen LogP contribution < -0.4 is 0 Å². The van der Waals surface area contributed by atoms with Crippen LogP contribution in [-0.4, -0.2) is 35.0 Å². The van der Waals surface area contributed by atoms with Crippen LogP contribution in [0.25, 0.3) is 0 Å². The van der Waals surface area contributed by atoms with Crippen molar-refractivity contribution in [1.82, 2.24) is 4.90 Å². The Kier molecular flexibility index (Phi) is 3.94. The molecule has 2 heterocycles. The third kappa shape index (κ3) is 2.97. The summed E-state index contributed by atoms with van der Waals surface area (Å²) in [6, 6.07) is 4.01. The molecule has 0 aliphatic carbocycles. The predicted molar refractivity (Wildman–Crippen MR) is 74.1 cm³/mol. The Morgan fingerprint density at radius 2 is 2.32 bits per heavy atom. The molecule has 1 aromatic rings. The van der Waals surface area contributed by atoms with Crippen LogP contribution in [-0.2, 0) is 16.0 Å². The first-order valence-electron chi connectivity index (χ1n) is 6.47. The number of nitrogens with zero attached hydrogens (tertiary/aromatic N) is 1. The van der Waals surface area contributed by atoms with Crippen molar-refractivity contribution in [1.29, 1.82) is 0 Å². The van der Waals surface area contributed by atoms with Gasteiger partial charge in [0.15, 0.2) is 0 Å². The van der Waals surface area contributed by atoms with E-state index in [2.05, 4.69) is 0 Å². The zero-order chi connectivity index (χ0) is 14.0. The summed E-state index contributed by atoms with van der Waals surface area (Å²) >= 11 is 1.65. The number of hydrogen-bond donors (Lipinski definition) is 1. The third-order valence-corrected chi connectivity index (χ3v) is 4.71. The monoisotopic (exact) mass is 281 g/mol. The molecule has 2 atom stereocenters. The molecular weight excluding hydrogens is 262 g/mol. The lowest BCUT2D eigenvalue weighted by molar-refractivity contribution is -0.147. The van der Waals surface area contributed by atoms with Crippen molar-refractivity contribution in [2.24, 2.45) is 11.3 Å². The number of thiophene rings is 1. The molecule has 0 bridgehead atoms. The van der Waals surface area contributed by atoms with Crippen molar-refractivity contribution in [3.05, 3.63) is 22.4 Å². The van der Waals surface area contributed by atoms with Crippen molar-refractivity contribution in [3.63, 3.8) is 0 Å². The molecule has 5 heteroatoms. The number of carbonyl (C=O) groups is 2. The molecule has 0 radical (unpaired) electrons. The highest BCUT2D eigenvalue weighted by Gasteiger charge is 2.42. The first-order valence-corrected chi connectivity index (χ1v) is 7.35. The molecule has 1 amide bonds. The lowest BCUT2D eigenvalue weighted by atomic mass is 9.90. The molecule has 1 aliphatic rings. The largest absolute Gasteiger partial charge is 0.481 e. The van der Waals surface area contributed by atoms with E-state index in [-0.39, 0.29) is 11.8 Å². The van der Waals surface area contributed by atoms with E-state index < -0.39 is 11.4 Å². The highest BCUT2D eigenvalue weighted by atomic mass is 32.1. The molecule has 1 aromatic heterocycles. The van der Waals surface area contributed by atoms with Crippen LogP contribution in [0, 0.1) is 11.3 Å². The van der Waals surface area contributed by atoms with Gasteiger partial charge < -0.3 is 10.0 Å². The number of carboxylic acids is 1. The smallest absolute Gasteiger partial charge is 0.311 e. The maximum atomic E-state index is 12.3. The number of carboxylic acid groups (broad SMARTS) is 1. The number of hydrogen-bond acceptors (Lipinski definition) is 3. The molecule has 0 spiro atoms. The summed E-state index contributed by atoms with van der Waals surface area (Å²) in [5.41, 5.74) is -0.779. The average Bonchev–Trinajstić information content (AvgIpc) is 2.98. The molecule has 1 N–H and O–H groups in total. The van der Waals surface area contributed by atoms with Crippen LogP contribution in [0.15, 0.2) is 17.5 Å². The second kappa shape index (κ2) is 5.33. The van der Waals surface area contributed by atoms with E-state index in [0.29, 0.717) is 19.5 Å². The topological polar surface area (TPSA) is 57.6 Å². The van der Waals surface area contributed by atoms with Gasteiger partial charge in [0.25, 0.3) is 0 Å². The van der Waals surface area contributed by atoms with Gasteiger partial charge in [-0.05, 0) is 31.2 Å². The van der Waals surface area contributed by atoms with E-state index in [9.17, 15) is 14.7 Å². The fraction of sp³-hybridized carbons (Fsp3) is 0.571. The molecule has 19 heavy (non-hydrogen) atoms. The minimum atomic E-state index is -0.811. The van der Waals surface area contributed by atoms with Crippen molar-refractivity contribution < 1.29 is 14.7 Å². The molecule has 4 nitrogen and oxygen atoms in total. The van der Waals surface area contributed by atoms with E-state index in [0.717, 1.165) is 6.42 Å². The highest BCUT2D eigenvalue weighted by molar-refractivity contribution is 7.09. The standard InChI is InChI=1S/C14H19NO3S/c1-10(8-11-4-3-7-19-11)12(16)15-6-5-14(2,9-15)13(17)18/h3-4,7,10H,5-6,8-9H2,1-2H3,(H,17,18)/t10-,14+/m1/s1. The quantitative estimate of drug-likeness (QED) is 0.921. The van der Waals surface area contributed by atoms with Gasteiger partial charge in [0, 0.05) is 23.9 Å². The third-order valence-electron chi connectivity index (χ3n) is 3.81. The van der Waals surface area contributed by atoms with Crippen molar-refractivity contribution >= 4 is 23.2 Å². The molecule has 1 fully saturated rings. The van der Waals surface area contributed by atoms with E-state index in [1.807, 2.05) is 24.4 Å². The average molecular weight is 281 g/mol. The predicted octanol–water partition coefficient (Wildman–Crippen LogP) is 2.25. The molecule has 0 saturated carbocycles. The Labute approximate surface area is 117 Å². The van der Waals surface area contributed by atoms with E-state index in [1.54, 1.807) is 23.2 Å². The zero-order valence-corrected chi connectivity index (χ0v) is 12.1. The van der Waals surface area contributed by atoms with Gasteiger partial charge in [-0.25, -0.2) is 0 Å². The summed E-state index contributed by atoms with van der Waals surface area (Å²) in [7, 11) is 0. The lowest BCUT2D eigenvalue weighted by Crippen LogP contribution is -2.37. The maximum absolute atomic E-state index is 12.3. The fourth-order valence-electron chi connectivity index (χ4n) is 2.45. The number of amides is 1. The molecule has 104 valence electrons. The van der Waals surface area contributed by atoms with Gasteiger partial charge in [-0.1, -0.05) is 13.0 Å². The van der Waals surface area contributed by atoms with Crippen LogP contribution in [0.1, 0.15) is 25.1 Å². The second-order valence-corrected chi connectivity index (χ2v) is 6.59. The van der Waals surface area contributed by atoms with Gasteiger partial charge in [-0.15, -0.1) is 11.3 Å². The number of aliphatic carboxylic acids is 1. The lowest BCUT2D eigenvalue weighted by Gasteiger charge is -2.23. The summed E-state index contributed by atoms with van der Waals surface area (Å²) in [5, 5.41) is 11.2. The van der Waals surface area contributed by atoms with Crippen LogP contribution in [0.4, 0.5) is 0 Å². The van der Waals surface area contributed by atoms with Crippen molar-refractivity contribution in [3.8, 4) is 0 Å². The normalized spacial score (nSPS) is 24.4. The Balaban J connectivity index is 1.96. The minimum Gasteiger partial charge on any atom is -0.481 e. The van der Waals surface area contributed by atoms with Crippen molar-refractivity contribution in [2.75, 3.05) is 13.1 Å². The molecule has 1 aliphatic heterocycles. The SMILES string of the molecule is C[C@H](Cc1cccs1)C(=O)N1CC[C@](C)(C(=O)O)C1. The van der Waals surface area contributed by atoms with Gasteiger partial charge in [-0.3, -0.25) is 9.59 Å². The summed E-state index contributed by atoms with van der Waals surface area (Å²) in [6.45, 7) is 4.51. The fourth-order valence-corrected chi connectivity index (χ4v) is 3.29. The van der Waals surface area contributed by atoms with E-state index in [1.165, 1.54) is 4.88 Å². The Hall–Kier alpha value is -1.36. The number of rotatable bonds is 4. The van der Waals surface area contributed by atoms with Crippen LogP contribution in [0.5, 0.6) is 0 Å². The highest BCUT2D eigenvalue weighted by Crippen LogP contribution is 2.31. The van der Waals surface area contributed by atoms with Crippen LogP contribution in [0.3, 0.4) is 0 Å². The van der Waals surface area contributed by atoms with E-state index >= 15 is 0 Å². The maximum Gasteiger partial charge on any atom is 0.311 e. The zero-order valence-electron chi connectivity index (χ0n) is 11.3. The summed E-state index contributed by atoms with van der Waals surface area (Å²) in [4.78, 5) is 26.4. The summed E-state index contributed by atoms with van der Waals surface area (Å²) in [6.07, 6.45) is 1.27. The minimum absolute atomic E-state index is 0.0679. The van der Waals surface area contributed by atoms with Gasteiger partial charge in [0.1, 0.15) is 0 Å². The molecule has 0 aromatic carbocycles. The summed E-state index contributed by atoms with van der Waals surface area (Å²) < 4.78 is 0. The van der Waals surface area contributed by atoms with Crippen LogP contribution in [0.2, 0.25) is 0 Å². The van der Waals surface area contributed by atoms with Gasteiger partial charge in [0.2, 0.25) is 5.91 Å². The number of likely N-dealkylation sites (tertiary alicyclic amines) is 1. The number of carbonyl (C=O) groups excluding carboxylic acids is 1. The molecule has 1 saturated heterocycles. The van der Waals surface area contributed by atoms with Crippen molar-refractivity contribution in [2.45, 2.75) is 26.7 Å². The molecule has 2 rings (SSSR count). The van der Waals surface area contributed by atoms with E-state index in [4.69, 9.17) is 0 Å².